The summed E-state index contributed by atoms with van der Waals surface area (Å²) < 4.78 is 0. The van der Waals surface area contributed by atoms with Crippen LogP contribution in [0.1, 0.15) is 29.8 Å². The Kier molecular flexibility index (Phi) is 6.88. The molecule has 2 amide bonds. The molecule has 27 heavy (non-hydrogen) atoms. The molecule has 0 aliphatic heterocycles. The first-order valence-corrected chi connectivity index (χ1v) is 8.53. The zero-order valence-electron chi connectivity index (χ0n) is 16.0. The molecule has 2 rings (SSSR count). The number of carbonyl (C=O) groups is 2. The smallest absolute Gasteiger partial charge is 0.287 e. The molecule has 0 aromatic heterocycles. The molecule has 0 radical (unpaired) electrons. The predicted molar refractivity (Wildman–Crippen MR) is 109 cm³/mol. The fraction of sp³-hybridized carbons (Fsp3) is 0.190. The lowest BCUT2D eigenvalue weighted by Crippen LogP contribution is -2.33. The van der Waals surface area contributed by atoms with E-state index in [-0.39, 0.29) is 11.6 Å². The van der Waals surface area contributed by atoms with E-state index in [1.54, 1.807) is 44.3 Å². The Labute approximate surface area is 159 Å². The number of carbonyl (C=O) groups excluding carboxylic acids is 2. The molecule has 6 heteroatoms. The minimum absolute atomic E-state index is 0.184. The third-order valence-corrected chi connectivity index (χ3v) is 3.79. The number of nitrogens with zero attached hydrogens (tertiary/aromatic N) is 2. The van der Waals surface area contributed by atoms with Crippen molar-refractivity contribution in [3.63, 3.8) is 0 Å². The summed E-state index contributed by atoms with van der Waals surface area (Å²) in [7, 11) is 3.93. The van der Waals surface area contributed by atoms with Gasteiger partial charge in [-0.3, -0.25) is 9.59 Å². The number of anilines is 1. The fourth-order valence-corrected chi connectivity index (χ4v) is 2.26. The first-order valence-electron chi connectivity index (χ1n) is 8.53. The summed E-state index contributed by atoms with van der Waals surface area (Å²) in [5.74, 6) is -0.814. The highest BCUT2D eigenvalue weighted by molar-refractivity contribution is 6.03. The number of hydrazone groups is 1. The van der Waals surface area contributed by atoms with Gasteiger partial charge in [-0.15, -0.1) is 0 Å². The van der Waals surface area contributed by atoms with Crippen molar-refractivity contribution in [2.45, 2.75) is 13.8 Å². The number of hydrogen-bond donors (Lipinski definition) is 2. The van der Waals surface area contributed by atoms with Crippen LogP contribution in [-0.2, 0) is 4.79 Å². The van der Waals surface area contributed by atoms with Gasteiger partial charge in [0.15, 0.2) is 0 Å². The minimum Gasteiger partial charge on any atom is -0.378 e. The molecule has 6 nitrogen and oxygen atoms in total. The van der Waals surface area contributed by atoms with E-state index < -0.39 is 5.91 Å². The van der Waals surface area contributed by atoms with Crippen molar-refractivity contribution in [1.29, 1.82) is 0 Å². The maximum Gasteiger partial charge on any atom is 0.287 e. The molecule has 0 bridgehead atoms. The third-order valence-electron chi connectivity index (χ3n) is 3.79. The fourth-order valence-electron chi connectivity index (χ4n) is 2.26. The van der Waals surface area contributed by atoms with Crippen LogP contribution in [0, 0.1) is 0 Å². The number of nitrogens with one attached hydrogen (secondary N) is 2. The van der Waals surface area contributed by atoms with Gasteiger partial charge in [0.1, 0.15) is 5.70 Å². The highest BCUT2D eigenvalue weighted by Crippen LogP contribution is 2.11. The van der Waals surface area contributed by atoms with Crippen LogP contribution >= 0.6 is 0 Å². The van der Waals surface area contributed by atoms with Gasteiger partial charge in [0.25, 0.3) is 11.8 Å². The van der Waals surface area contributed by atoms with E-state index in [0.717, 1.165) is 11.3 Å². The van der Waals surface area contributed by atoms with Crippen LogP contribution in [0.3, 0.4) is 0 Å². The Balaban J connectivity index is 2.01. The van der Waals surface area contributed by atoms with Crippen molar-refractivity contribution in [1.82, 2.24) is 10.7 Å². The molecule has 140 valence electrons. The van der Waals surface area contributed by atoms with Crippen molar-refractivity contribution in [3.8, 4) is 0 Å². The predicted octanol–water partition coefficient (Wildman–Crippen LogP) is 2.93. The van der Waals surface area contributed by atoms with Crippen LogP contribution in [0.15, 0.2) is 71.0 Å². The van der Waals surface area contributed by atoms with Gasteiger partial charge in [-0.1, -0.05) is 30.3 Å². The van der Waals surface area contributed by atoms with Crippen molar-refractivity contribution in [3.05, 3.63) is 77.0 Å². The van der Waals surface area contributed by atoms with Crippen molar-refractivity contribution in [2.24, 2.45) is 5.10 Å². The van der Waals surface area contributed by atoms with Crippen LogP contribution in [0.4, 0.5) is 5.69 Å². The number of benzene rings is 2. The highest BCUT2D eigenvalue weighted by Gasteiger charge is 2.15. The van der Waals surface area contributed by atoms with Gasteiger partial charge in [0.2, 0.25) is 0 Å². The Morgan fingerprint density at radius 2 is 1.59 bits per heavy atom. The third kappa shape index (κ3) is 5.81. The topological polar surface area (TPSA) is 73.8 Å². The van der Waals surface area contributed by atoms with Crippen LogP contribution < -0.4 is 15.6 Å². The molecule has 2 N–H and O–H groups in total. The van der Waals surface area contributed by atoms with Crippen LogP contribution in [0.2, 0.25) is 0 Å². The van der Waals surface area contributed by atoms with Gasteiger partial charge in [-0.05, 0) is 49.2 Å². The van der Waals surface area contributed by atoms with Crippen molar-refractivity contribution >= 4 is 23.7 Å². The van der Waals surface area contributed by atoms with Crippen LogP contribution in [0.5, 0.6) is 0 Å². The molecule has 0 saturated carbocycles. The summed E-state index contributed by atoms with van der Waals surface area (Å²) in [6.45, 7) is 3.51. The van der Waals surface area contributed by atoms with E-state index in [1.165, 1.54) is 0 Å². The SMILES string of the molecule is CC(C)=C(NC(=O)c1ccccc1)C(=O)N/N=C/c1ccc(N(C)C)cc1. The lowest BCUT2D eigenvalue weighted by Gasteiger charge is -2.12. The lowest BCUT2D eigenvalue weighted by molar-refractivity contribution is -0.117. The molecule has 0 aliphatic carbocycles. The molecule has 0 saturated heterocycles. The van der Waals surface area contributed by atoms with E-state index in [4.69, 9.17) is 0 Å². The summed E-state index contributed by atoms with van der Waals surface area (Å²) >= 11 is 0. The molecule has 0 unspecified atom stereocenters. The van der Waals surface area contributed by atoms with Gasteiger partial charge in [-0.2, -0.15) is 5.10 Å². The van der Waals surface area contributed by atoms with E-state index in [2.05, 4.69) is 15.8 Å². The van der Waals surface area contributed by atoms with Crippen LogP contribution in [0.25, 0.3) is 0 Å². The van der Waals surface area contributed by atoms with Crippen LogP contribution in [-0.4, -0.2) is 32.1 Å². The highest BCUT2D eigenvalue weighted by atomic mass is 16.2. The molecule has 0 fully saturated rings. The van der Waals surface area contributed by atoms with E-state index in [0.29, 0.717) is 11.1 Å². The molecule has 0 aliphatic rings. The van der Waals surface area contributed by atoms with Gasteiger partial charge in [0, 0.05) is 25.3 Å². The van der Waals surface area contributed by atoms with E-state index >= 15 is 0 Å². The second-order valence-electron chi connectivity index (χ2n) is 6.38. The summed E-state index contributed by atoms with van der Waals surface area (Å²) in [6, 6.07) is 16.5. The maximum absolute atomic E-state index is 12.4. The van der Waals surface area contributed by atoms with E-state index in [1.807, 2.05) is 49.3 Å². The molecular formula is C21H24N4O2. The minimum atomic E-state index is -0.472. The average molecular weight is 364 g/mol. The van der Waals surface area contributed by atoms with Gasteiger partial charge < -0.3 is 10.2 Å². The largest absolute Gasteiger partial charge is 0.378 e. The number of allylic oxidation sites excluding steroid dienone is 1. The molecular weight excluding hydrogens is 340 g/mol. The molecule has 0 spiro atoms. The number of hydrogen-bond acceptors (Lipinski definition) is 4. The van der Waals surface area contributed by atoms with Gasteiger partial charge in [0.05, 0.1) is 6.21 Å². The maximum atomic E-state index is 12.4. The summed E-state index contributed by atoms with van der Waals surface area (Å²) in [5, 5.41) is 6.63. The monoisotopic (exact) mass is 364 g/mol. The molecule has 2 aromatic rings. The Morgan fingerprint density at radius 1 is 0.963 bits per heavy atom. The first-order chi connectivity index (χ1) is 12.9. The summed E-state index contributed by atoms with van der Waals surface area (Å²) in [4.78, 5) is 26.7. The Hall–Kier alpha value is -3.41. The van der Waals surface area contributed by atoms with Gasteiger partial charge >= 0.3 is 0 Å². The number of rotatable bonds is 6. The second-order valence-corrected chi connectivity index (χ2v) is 6.38. The lowest BCUT2D eigenvalue weighted by atomic mass is 10.2. The quantitative estimate of drug-likeness (QED) is 0.470. The average Bonchev–Trinajstić information content (AvgIpc) is 2.66. The molecule has 0 atom stereocenters. The second kappa shape index (κ2) is 9.33. The summed E-state index contributed by atoms with van der Waals surface area (Å²) in [6.07, 6.45) is 1.55. The zero-order valence-corrected chi connectivity index (χ0v) is 16.0. The number of amides is 2. The molecule has 2 aromatic carbocycles. The van der Waals surface area contributed by atoms with Crippen molar-refractivity contribution < 1.29 is 9.59 Å². The Morgan fingerprint density at radius 3 is 2.15 bits per heavy atom. The summed E-state index contributed by atoms with van der Waals surface area (Å²) in [5.41, 5.74) is 5.73. The Bertz CT molecular complexity index is 850. The molecule has 0 heterocycles. The normalized spacial score (nSPS) is 10.4. The zero-order chi connectivity index (χ0) is 19.8. The standard InChI is InChI=1S/C21H24N4O2/c1-15(2)19(23-20(26)17-8-6-5-7-9-17)21(27)24-22-14-16-10-12-18(13-11-16)25(3)4/h5-14H,1-4H3,(H,23,26)(H,24,27)/b22-14+. The van der Waals surface area contributed by atoms with Gasteiger partial charge in [-0.25, -0.2) is 5.43 Å². The van der Waals surface area contributed by atoms with Crippen molar-refractivity contribution in [2.75, 3.05) is 19.0 Å². The van der Waals surface area contributed by atoms with E-state index in [9.17, 15) is 9.59 Å². The first kappa shape index (κ1) is 19.9.